The molecule has 5 heteroatoms. The summed E-state index contributed by atoms with van der Waals surface area (Å²) in [5.74, 6) is 0.176. The van der Waals surface area contributed by atoms with Crippen molar-refractivity contribution in [1.29, 1.82) is 0 Å². The van der Waals surface area contributed by atoms with Crippen molar-refractivity contribution in [3.05, 3.63) is 47.9 Å². The molecule has 0 saturated carbocycles. The van der Waals surface area contributed by atoms with E-state index in [-0.39, 0.29) is 11.7 Å². The van der Waals surface area contributed by atoms with E-state index in [2.05, 4.69) is 10.5 Å². The summed E-state index contributed by atoms with van der Waals surface area (Å²) < 4.78 is 4.71. The normalized spacial score (nSPS) is 11.3. The molecule has 2 aromatic rings. The Balaban J connectivity index is 1.94. The third kappa shape index (κ3) is 3.60. The maximum Gasteiger partial charge on any atom is 0.226 e. The highest BCUT2D eigenvalue weighted by molar-refractivity contribution is 5.82. The highest BCUT2D eigenvalue weighted by Crippen LogP contribution is 2.23. The zero-order valence-corrected chi connectivity index (χ0v) is 11.6. The van der Waals surface area contributed by atoms with E-state index in [9.17, 15) is 9.90 Å². The van der Waals surface area contributed by atoms with Crippen molar-refractivity contribution in [1.82, 2.24) is 10.5 Å². The molecular weight excluding hydrogens is 256 g/mol. The second kappa shape index (κ2) is 5.77. The van der Waals surface area contributed by atoms with Gasteiger partial charge in [0.1, 0.15) is 17.7 Å². The van der Waals surface area contributed by atoms with Crippen LogP contribution >= 0.6 is 0 Å². The first kappa shape index (κ1) is 14.1. The first-order valence-corrected chi connectivity index (χ1v) is 6.43. The van der Waals surface area contributed by atoms with Gasteiger partial charge in [-0.2, -0.15) is 0 Å². The summed E-state index contributed by atoms with van der Waals surface area (Å²) >= 11 is 0. The van der Waals surface area contributed by atoms with Crippen molar-refractivity contribution < 1.29 is 14.4 Å². The van der Waals surface area contributed by atoms with Crippen LogP contribution in [0.4, 0.5) is 0 Å². The molecule has 0 atom stereocenters. The molecule has 0 spiro atoms. The molecule has 0 bridgehead atoms. The molecule has 0 unspecified atom stereocenters. The van der Waals surface area contributed by atoms with E-state index in [1.807, 2.05) is 26.0 Å². The molecule has 2 N–H and O–H groups in total. The molecule has 1 amide bonds. The molecule has 0 aliphatic rings. The summed E-state index contributed by atoms with van der Waals surface area (Å²) in [5, 5.41) is 15.9. The average molecular weight is 274 g/mol. The molecule has 1 heterocycles. The van der Waals surface area contributed by atoms with Crippen LogP contribution in [-0.4, -0.2) is 16.2 Å². The van der Waals surface area contributed by atoms with E-state index in [1.165, 1.54) is 6.26 Å². The lowest BCUT2D eigenvalue weighted by atomic mass is 9.85. The summed E-state index contributed by atoms with van der Waals surface area (Å²) in [4.78, 5) is 12.2. The molecule has 1 aromatic carbocycles. The number of phenolic OH excluding ortho intramolecular Hbond substituents is 1. The number of carbonyl (C=O) groups is 1. The third-order valence-corrected chi connectivity index (χ3v) is 3.12. The second-order valence-electron chi connectivity index (χ2n) is 5.40. The zero-order valence-electron chi connectivity index (χ0n) is 11.6. The van der Waals surface area contributed by atoms with Gasteiger partial charge in [0.05, 0.1) is 6.54 Å². The second-order valence-corrected chi connectivity index (χ2v) is 5.40. The number of nitrogens with one attached hydrogen (secondary N) is 1. The van der Waals surface area contributed by atoms with Gasteiger partial charge in [-0.05, 0) is 24.1 Å². The van der Waals surface area contributed by atoms with Gasteiger partial charge in [-0.15, -0.1) is 0 Å². The van der Waals surface area contributed by atoms with Gasteiger partial charge in [0.2, 0.25) is 5.91 Å². The van der Waals surface area contributed by atoms with Crippen LogP contribution < -0.4 is 5.32 Å². The molecule has 20 heavy (non-hydrogen) atoms. The van der Waals surface area contributed by atoms with Crippen molar-refractivity contribution >= 4 is 5.91 Å². The Morgan fingerprint density at radius 3 is 2.60 bits per heavy atom. The van der Waals surface area contributed by atoms with Crippen molar-refractivity contribution in [2.75, 3.05) is 0 Å². The van der Waals surface area contributed by atoms with Gasteiger partial charge in [-0.25, -0.2) is 0 Å². The van der Waals surface area contributed by atoms with Crippen LogP contribution in [0.5, 0.6) is 5.75 Å². The molecule has 1 aromatic heterocycles. The fourth-order valence-corrected chi connectivity index (χ4v) is 1.94. The Bertz CT molecular complexity index is 559. The molecule has 2 rings (SSSR count). The number of carbonyl (C=O) groups excluding carboxylic acids is 1. The van der Waals surface area contributed by atoms with Crippen molar-refractivity contribution in [3.63, 3.8) is 0 Å². The lowest BCUT2D eigenvalue weighted by molar-refractivity contribution is -0.129. The number of nitrogens with zero attached hydrogens (tertiary/aromatic N) is 1. The predicted octanol–water partition coefficient (Wildman–Crippen LogP) is 2.27. The van der Waals surface area contributed by atoms with Crippen LogP contribution in [0.25, 0.3) is 0 Å². The number of aromatic nitrogens is 1. The van der Waals surface area contributed by atoms with Gasteiger partial charge >= 0.3 is 0 Å². The van der Waals surface area contributed by atoms with Crippen LogP contribution in [0, 0.1) is 5.41 Å². The minimum atomic E-state index is -0.541. The summed E-state index contributed by atoms with van der Waals surface area (Å²) in [6.45, 7) is 4.13. The minimum Gasteiger partial charge on any atom is -0.508 e. The van der Waals surface area contributed by atoms with Crippen LogP contribution in [0.3, 0.4) is 0 Å². The van der Waals surface area contributed by atoms with Gasteiger partial charge in [0.15, 0.2) is 0 Å². The Kier molecular flexibility index (Phi) is 4.08. The van der Waals surface area contributed by atoms with E-state index in [0.717, 1.165) is 5.56 Å². The zero-order chi connectivity index (χ0) is 14.6. The summed E-state index contributed by atoms with van der Waals surface area (Å²) in [7, 11) is 0. The average Bonchev–Trinajstić information content (AvgIpc) is 2.91. The van der Waals surface area contributed by atoms with Crippen molar-refractivity contribution in [2.24, 2.45) is 5.41 Å². The Morgan fingerprint density at radius 1 is 1.30 bits per heavy atom. The monoisotopic (exact) mass is 274 g/mol. The van der Waals surface area contributed by atoms with E-state index < -0.39 is 5.41 Å². The number of aromatic hydroxyl groups is 1. The molecule has 0 saturated heterocycles. The topological polar surface area (TPSA) is 75.4 Å². The Hall–Kier alpha value is -2.30. The lowest BCUT2D eigenvalue weighted by Gasteiger charge is -2.23. The molecular formula is C15H18N2O3. The van der Waals surface area contributed by atoms with Crippen LogP contribution in [0.1, 0.15) is 25.1 Å². The Labute approximate surface area is 117 Å². The first-order chi connectivity index (χ1) is 9.47. The predicted molar refractivity (Wildman–Crippen MR) is 73.9 cm³/mol. The van der Waals surface area contributed by atoms with Crippen molar-refractivity contribution in [3.8, 4) is 5.75 Å². The van der Waals surface area contributed by atoms with Crippen molar-refractivity contribution in [2.45, 2.75) is 26.8 Å². The fourth-order valence-electron chi connectivity index (χ4n) is 1.94. The number of hydrogen-bond acceptors (Lipinski definition) is 4. The largest absolute Gasteiger partial charge is 0.508 e. The molecule has 106 valence electrons. The lowest BCUT2D eigenvalue weighted by Crippen LogP contribution is -2.38. The van der Waals surface area contributed by atoms with Gasteiger partial charge in [-0.1, -0.05) is 31.1 Å². The maximum atomic E-state index is 12.2. The van der Waals surface area contributed by atoms with Gasteiger partial charge in [0, 0.05) is 11.5 Å². The first-order valence-electron chi connectivity index (χ1n) is 6.43. The number of hydrogen-bond donors (Lipinski definition) is 2. The number of rotatable bonds is 5. The van der Waals surface area contributed by atoms with Gasteiger partial charge < -0.3 is 14.9 Å². The summed E-state index contributed by atoms with van der Waals surface area (Å²) in [6.07, 6.45) is 2.07. The molecule has 0 aliphatic carbocycles. The van der Waals surface area contributed by atoms with E-state index in [4.69, 9.17) is 4.52 Å². The quantitative estimate of drug-likeness (QED) is 0.877. The molecule has 0 radical (unpaired) electrons. The van der Waals surface area contributed by atoms with E-state index >= 15 is 0 Å². The maximum absolute atomic E-state index is 12.2. The highest BCUT2D eigenvalue weighted by Gasteiger charge is 2.27. The third-order valence-electron chi connectivity index (χ3n) is 3.12. The Morgan fingerprint density at radius 2 is 2.00 bits per heavy atom. The molecule has 5 nitrogen and oxygen atoms in total. The van der Waals surface area contributed by atoms with Crippen LogP contribution in [0.15, 0.2) is 41.1 Å². The van der Waals surface area contributed by atoms with E-state index in [1.54, 1.807) is 18.2 Å². The van der Waals surface area contributed by atoms with Gasteiger partial charge in [0.25, 0.3) is 0 Å². The number of phenols is 1. The summed E-state index contributed by atoms with van der Waals surface area (Å²) in [5.41, 5.74) is 1.16. The van der Waals surface area contributed by atoms with E-state index in [0.29, 0.717) is 18.7 Å². The smallest absolute Gasteiger partial charge is 0.226 e. The van der Waals surface area contributed by atoms with Crippen LogP contribution in [0.2, 0.25) is 0 Å². The minimum absolute atomic E-state index is 0.0476. The molecule has 0 aliphatic heterocycles. The highest BCUT2D eigenvalue weighted by atomic mass is 16.5. The fraction of sp³-hybridized carbons (Fsp3) is 0.333. The van der Waals surface area contributed by atoms with Gasteiger partial charge in [-0.3, -0.25) is 4.79 Å². The SMILES string of the molecule is CC(C)(Cc1ccc(O)cc1)C(=O)NCc1ccon1. The number of benzene rings is 1. The molecule has 0 fully saturated rings. The standard InChI is InChI=1S/C15H18N2O3/c1-15(2,9-11-3-5-13(18)6-4-11)14(19)16-10-12-7-8-20-17-12/h3-8,18H,9-10H2,1-2H3,(H,16,19). The van der Waals surface area contributed by atoms with Crippen LogP contribution in [-0.2, 0) is 17.8 Å². The summed E-state index contributed by atoms with van der Waals surface area (Å²) in [6, 6.07) is 8.61. The number of amides is 1.